The third kappa shape index (κ3) is 4.69. The molecule has 2 aromatic rings. The van der Waals surface area contributed by atoms with Crippen molar-refractivity contribution < 1.29 is 9.53 Å². The van der Waals surface area contributed by atoms with Crippen molar-refractivity contribution in [1.29, 1.82) is 0 Å². The summed E-state index contributed by atoms with van der Waals surface area (Å²) in [7, 11) is 0. The molecular formula is C18H22ClN3O2. The minimum atomic E-state index is -0.378. The van der Waals surface area contributed by atoms with Gasteiger partial charge in [0.1, 0.15) is 17.5 Å². The lowest BCUT2D eigenvalue weighted by molar-refractivity contribution is 0.0105. The summed E-state index contributed by atoms with van der Waals surface area (Å²) in [4.78, 5) is 18.5. The molecule has 0 atom stereocenters. The van der Waals surface area contributed by atoms with E-state index >= 15 is 0 Å². The number of esters is 1. The fraction of sp³-hybridized carbons (Fsp3) is 0.333. The molecule has 1 aliphatic rings. The lowest BCUT2D eigenvalue weighted by atomic mass is 10.1. The van der Waals surface area contributed by atoms with Crippen LogP contribution in [0, 0.1) is 0 Å². The summed E-state index contributed by atoms with van der Waals surface area (Å²) in [5, 5.41) is 0. The summed E-state index contributed by atoms with van der Waals surface area (Å²) in [5.41, 5.74) is 7.37. The minimum absolute atomic E-state index is 0. The van der Waals surface area contributed by atoms with Crippen molar-refractivity contribution in [3.63, 3.8) is 0 Å². The van der Waals surface area contributed by atoms with Gasteiger partial charge < -0.3 is 10.5 Å². The van der Waals surface area contributed by atoms with E-state index in [0.29, 0.717) is 5.56 Å². The quantitative estimate of drug-likeness (QED) is 0.861. The number of ether oxygens (including phenoxy) is 1. The number of carbonyl (C=O) groups is 1. The van der Waals surface area contributed by atoms with Crippen LogP contribution in [0.3, 0.4) is 0 Å². The second-order valence-electron chi connectivity index (χ2n) is 5.80. The van der Waals surface area contributed by atoms with Gasteiger partial charge >= 0.3 is 5.97 Å². The molecule has 2 N–H and O–H groups in total. The van der Waals surface area contributed by atoms with Gasteiger partial charge in [-0.15, -0.1) is 12.4 Å². The molecule has 1 fully saturated rings. The van der Waals surface area contributed by atoms with Gasteiger partial charge in [-0.05, 0) is 30.5 Å². The number of carbonyl (C=O) groups excluding carboxylic acids is 1. The molecule has 0 bridgehead atoms. The predicted molar refractivity (Wildman–Crippen MR) is 96.1 cm³/mol. The molecule has 0 aliphatic carbocycles. The van der Waals surface area contributed by atoms with Crippen LogP contribution in [0.15, 0.2) is 48.7 Å². The van der Waals surface area contributed by atoms with Crippen LogP contribution in [0.25, 0.3) is 0 Å². The maximum Gasteiger partial charge on any atom is 0.342 e. The van der Waals surface area contributed by atoms with Gasteiger partial charge in [-0.2, -0.15) is 0 Å². The molecule has 1 aromatic carbocycles. The zero-order valence-corrected chi connectivity index (χ0v) is 14.2. The van der Waals surface area contributed by atoms with Crippen molar-refractivity contribution in [1.82, 2.24) is 9.88 Å². The lowest BCUT2D eigenvalue weighted by Gasteiger charge is -2.31. The molecule has 5 nitrogen and oxygen atoms in total. The van der Waals surface area contributed by atoms with Crippen LogP contribution in [0.4, 0.5) is 5.82 Å². The molecular weight excluding hydrogens is 326 g/mol. The van der Waals surface area contributed by atoms with Crippen LogP contribution in [-0.4, -0.2) is 35.0 Å². The number of halogens is 1. The van der Waals surface area contributed by atoms with Gasteiger partial charge in [0.25, 0.3) is 0 Å². The zero-order valence-electron chi connectivity index (χ0n) is 13.4. The first-order valence-corrected chi connectivity index (χ1v) is 7.90. The van der Waals surface area contributed by atoms with Crippen LogP contribution in [0.2, 0.25) is 0 Å². The molecule has 0 amide bonds. The molecule has 24 heavy (non-hydrogen) atoms. The van der Waals surface area contributed by atoms with E-state index in [-0.39, 0.29) is 30.3 Å². The first kappa shape index (κ1) is 18.2. The first-order chi connectivity index (χ1) is 11.2. The number of benzene rings is 1. The Morgan fingerprint density at radius 1 is 1.17 bits per heavy atom. The Morgan fingerprint density at radius 2 is 1.88 bits per heavy atom. The molecule has 128 valence electrons. The normalized spacial score (nSPS) is 15.5. The number of nitrogen functional groups attached to an aromatic ring is 1. The molecule has 0 spiro atoms. The molecule has 0 radical (unpaired) electrons. The maximum atomic E-state index is 12.2. The summed E-state index contributed by atoms with van der Waals surface area (Å²) in [6, 6.07) is 13.8. The monoisotopic (exact) mass is 347 g/mol. The number of anilines is 1. The van der Waals surface area contributed by atoms with Crippen LogP contribution in [0.5, 0.6) is 0 Å². The van der Waals surface area contributed by atoms with Crippen LogP contribution >= 0.6 is 12.4 Å². The lowest BCUT2D eigenvalue weighted by Crippen LogP contribution is -2.37. The number of nitrogens with two attached hydrogens (primary N) is 1. The molecule has 1 aliphatic heterocycles. The van der Waals surface area contributed by atoms with E-state index in [1.807, 2.05) is 6.07 Å². The second-order valence-corrected chi connectivity index (χ2v) is 5.80. The molecule has 0 unspecified atom stereocenters. The van der Waals surface area contributed by atoms with Gasteiger partial charge in [-0.1, -0.05) is 30.3 Å². The predicted octanol–water partition coefficient (Wildman–Crippen LogP) is 2.91. The Balaban J connectivity index is 0.00000208. The highest BCUT2D eigenvalue weighted by molar-refractivity contribution is 5.94. The van der Waals surface area contributed by atoms with E-state index in [9.17, 15) is 4.79 Å². The van der Waals surface area contributed by atoms with E-state index in [1.165, 1.54) is 5.56 Å². The third-order valence-corrected chi connectivity index (χ3v) is 4.12. The summed E-state index contributed by atoms with van der Waals surface area (Å²) in [5.74, 6) is -0.156. The number of nitrogens with zero attached hydrogens (tertiary/aromatic N) is 2. The van der Waals surface area contributed by atoms with Gasteiger partial charge in [-0.3, -0.25) is 4.90 Å². The SMILES string of the molecule is Cl.Nc1ncccc1C(=O)OC1CCN(Cc2ccccc2)CC1. The van der Waals surface area contributed by atoms with E-state index in [0.717, 1.165) is 32.5 Å². The van der Waals surface area contributed by atoms with Gasteiger partial charge in [0.2, 0.25) is 0 Å². The van der Waals surface area contributed by atoms with Crippen molar-refractivity contribution in [2.75, 3.05) is 18.8 Å². The Labute approximate surface area is 148 Å². The van der Waals surface area contributed by atoms with Crippen molar-refractivity contribution in [3.8, 4) is 0 Å². The molecule has 6 heteroatoms. The highest BCUT2D eigenvalue weighted by Gasteiger charge is 2.23. The van der Waals surface area contributed by atoms with Crippen molar-refractivity contribution in [2.45, 2.75) is 25.5 Å². The number of likely N-dealkylation sites (tertiary alicyclic amines) is 1. The largest absolute Gasteiger partial charge is 0.459 e. The Hall–Kier alpha value is -2.11. The van der Waals surface area contributed by atoms with Gasteiger partial charge in [0.05, 0.1) is 0 Å². The first-order valence-electron chi connectivity index (χ1n) is 7.90. The highest BCUT2D eigenvalue weighted by atomic mass is 35.5. The number of hydrogen-bond donors (Lipinski definition) is 1. The van der Waals surface area contributed by atoms with Crippen molar-refractivity contribution >= 4 is 24.2 Å². The van der Waals surface area contributed by atoms with Gasteiger partial charge in [-0.25, -0.2) is 9.78 Å². The third-order valence-electron chi connectivity index (χ3n) is 4.12. The zero-order chi connectivity index (χ0) is 16.1. The van der Waals surface area contributed by atoms with Crippen molar-refractivity contribution in [3.05, 3.63) is 59.8 Å². The summed E-state index contributed by atoms with van der Waals surface area (Å²) < 4.78 is 5.57. The molecule has 1 aromatic heterocycles. The summed E-state index contributed by atoms with van der Waals surface area (Å²) in [6.45, 7) is 2.79. The topological polar surface area (TPSA) is 68.4 Å². The fourth-order valence-corrected chi connectivity index (χ4v) is 2.83. The van der Waals surface area contributed by atoms with Crippen molar-refractivity contribution in [2.24, 2.45) is 0 Å². The van der Waals surface area contributed by atoms with Gasteiger partial charge in [0, 0.05) is 25.8 Å². The Kier molecular flexibility index (Phi) is 6.58. The Bertz CT molecular complexity index is 658. The average molecular weight is 348 g/mol. The molecule has 2 heterocycles. The molecule has 3 rings (SSSR count). The Morgan fingerprint density at radius 3 is 2.54 bits per heavy atom. The number of piperidine rings is 1. The number of aromatic nitrogens is 1. The summed E-state index contributed by atoms with van der Waals surface area (Å²) in [6.07, 6.45) is 3.21. The molecule has 0 saturated carbocycles. The van der Waals surface area contributed by atoms with E-state index in [2.05, 4.69) is 34.1 Å². The minimum Gasteiger partial charge on any atom is -0.459 e. The fourth-order valence-electron chi connectivity index (χ4n) is 2.83. The summed E-state index contributed by atoms with van der Waals surface area (Å²) >= 11 is 0. The average Bonchev–Trinajstić information content (AvgIpc) is 2.58. The number of hydrogen-bond acceptors (Lipinski definition) is 5. The van der Waals surface area contributed by atoms with Crippen LogP contribution in [-0.2, 0) is 11.3 Å². The molecule has 1 saturated heterocycles. The van der Waals surface area contributed by atoms with E-state index in [4.69, 9.17) is 10.5 Å². The van der Waals surface area contributed by atoms with E-state index < -0.39 is 0 Å². The number of pyridine rings is 1. The van der Waals surface area contributed by atoms with Gasteiger partial charge in [0.15, 0.2) is 0 Å². The van der Waals surface area contributed by atoms with E-state index in [1.54, 1.807) is 18.3 Å². The van der Waals surface area contributed by atoms with Crippen LogP contribution < -0.4 is 5.73 Å². The van der Waals surface area contributed by atoms with Crippen LogP contribution in [0.1, 0.15) is 28.8 Å². The number of rotatable bonds is 4. The standard InChI is InChI=1S/C18H21N3O2.ClH/c19-17-16(7-4-10-20-17)18(22)23-15-8-11-21(12-9-15)13-14-5-2-1-3-6-14;/h1-7,10,15H,8-9,11-13H2,(H2,19,20);1H. The highest BCUT2D eigenvalue weighted by Crippen LogP contribution is 2.18. The smallest absolute Gasteiger partial charge is 0.342 e. The second kappa shape index (κ2) is 8.66. The maximum absolute atomic E-state index is 12.2.